The van der Waals surface area contributed by atoms with Crippen LogP contribution in [0.2, 0.25) is 0 Å². The van der Waals surface area contributed by atoms with Gasteiger partial charge in [0.1, 0.15) is 0 Å². The first-order valence-corrected chi connectivity index (χ1v) is 7.71. The zero-order valence-electron chi connectivity index (χ0n) is 12.1. The Morgan fingerprint density at radius 2 is 1.86 bits per heavy atom. The summed E-state index contributed by atoms with van der Waals surface area (Å²) in [5.41, 5.74) is -1.96. The number of hydrogen-bond acceptors (Lipinski definition) is 4. The molecule has 0 aromatic heterocycles. The van der Waals surface area contributed by atoms with Crippen LogP contribution in [0.1, 0.15) is 6.92 Å². The average Bonchev–Trinajstić information content (AvgIpc) is 2.50. The first kappa shape index (κ1) is 16.3. The molecule has 5 nitrogen and oxygen atoms in total. The summed E-state index contributed by atoms with van der Waals surface area (Å²) in [6.45, 7) is 0.825. The van der Waals surface area contributed by atoms with Gasteiger partial charge in [0.15, 0.2) is 5.60 Å². The monoisotopic (exact) mass is 319 g/mol. The Kier molecular flexibility index (Phi) is 5.05. The molecule has 2 rings (SSSR count). The fraction of sp³-hybridized carbons (Fsp3) is 0.250. The van der Waals surface area contributed by atoms with Crippen LogP contribution in [0.25, 0.3) is 10.8 Å². The largest absolute Gasteiger partial charge is 0.479 e. The number of hydrogen-bond donors (Lipinski definition) is 3. The maximum Gasteiger partial charge on any atom is 0.337 e. The highest BCUT2D eigenvalue weighted by atomic mass is 32.2. The van der Waals surface area contributed by atoms with Crippen LogP contribution in [0, 0.1) is 0 Å². The minimum absolute atomic E-state index is 0.161. The van der Waals surface area contributed by atoms with Crippen molar-refractivity contribution >= 4 is 34.4 Å². The van der Waals surface area contributed by atoms with Crippen LogP contribution in [0.3, 0.4) is 0 Å². The number of benzene rings is 2. The topological polar surface area (TPSA) is 86.6 Å². The summed E-state index contributed by atoms with van der Waals surface area (Å²) in [4.78, 5) is 23.4. The van der Waals surface area contributed by atoms with Crippen LogP contribution in [0.15, 0.2) is 47.4 Å². The van der Waals surface area contributed by atoms with Gasteiger partial charge >= 0.3 is 5.97 Å². The summed E-state index contributed by atoms with van der Waals surface area (Å²) in [6, 6.07) is 13.9. The van der Waals surface area contributed by atoms with Crippen molar-refractivity contribution in [1.82, 2.24) is 5.32 Å². The molecular weight excluding hydrogens is 302 g/mol. The van der Waals surface area contributed by atoms with Gasteiger partial charge in [-0.15, -0.1) is 11.8 Å². The minimum atomic E-state index is -1.96. The number of fused-ring (bicyclic) bond motifs is 1. The van der Waals surface area contributed by atoms with Gasteiger partial charge in [0.2, 0.25) is 5.91 Å². The van der Waals surface area contributed by atoms with Crippen molar-refractivity contribution in [2.45, 2.75) is 17.4 Å². The molecule has 0 aliphatic rings. The van der Waals surface area contributed by atoms with Crippen molar-refractivity contribution in [1.29, 1.82) is 0 Å². The highest BCUT2D eigenvalue weighted by Crippen LogP contribution is 2.23. The van der Waals surface area contributed by atoms with Gasteiger partial charge in [0, 0.05) is 4.90 Å². The van der Waals surface area contributed by atoms with Crippen molar-refractivity contribution in [2.75, 3.05) is 12.3 Å². The second-order valence-electron chi connectivity index (χ2n) is 5.15. The summed E-state index contributed by atoms with van der Waals surface area (Å²) in [5, 5.41) is 22.9. The van der Waals surface area contributed by atoms with E-state index in [2.05, 4.69) is 5.32 Å². The number of amides is 1. The zero-order valence-corrected chi connectivity index (χ0v) is 12.9. The molecule has 0 aliphatic carbocycles. The number of thioether (sulfide) groups is 1. The first-order valence-electron chi connectivity index (χ1n) is 6.72. The standard InChI is InChI=1S/C16H17NO4S/c1-16(21,15(19)20)10-17-14(18)9-22-13-7-6-11-4-2-3-5-12(11)8-13/h2-8,21H,9-10H2,1H3,(H,17,18)(H,19,20). The van der Waals surface area contributed by atoms with Crippen molar-refractivity contribution in [3.8, 4) is 0 Å². The third kappa shape index (κ3) is 4.22. The van der Waals surface area contributed by atoms with E-state index >= 15 is 0 Å². The molecule has 0 saturated carbocycles. The Bertz CT molecular complexity index is 699. The molecule has 0 heterocycles. The molecule has 2 aromatic carbocycles. The molecular formula is C16H17NO4S. The number of carbonyl (C=O) groups is 2. The third-order valence-corrected chi connectivity index (χ3v) is 4.18. The van der Waals surface area contributed by atoms with Crippen LogP contribution in [-0.4, -0.2) is 40.0 Å². The number of carboxylic acid groups (broad SMARTS) is 1. The highest BCUT2D eigenvalue weighted by molar-refractivity contribution is 8.00. The molecule has 1 amide bonds. The highest BCUT2D eigenvalue weighted by Gasteiger charge is 2.30. The molecule has 3 N–H and O–H groups in total. The Hall–Kier alpha value is -2.05. The summed E-state index contributed by atoms with van der Waals surface area (Å²) in [5.74, 6) is -1.52. The number of rotatable bonds is 6. The number of carboxylic acids is 1. The normalized spacial score (nSPS) is 13.5. The second-order valence-corrected chi connectivity index (χ2v) is 6.20. The van der Waals surface area contributed by atoms with E-state index in [1.165, 1.54) is 11.8 Å². The van der Waals surface area contributed by atoms with Gasteiger partial charge in [0.05, 0.1) is 12.3 Å². The molecule has 2 aromatic rings. The van der Waals surface area contributed by atoms with Gasteiger partial charge in [-0.05, 0) is 29.8 Å². The number of nitrogens with one attached hydrogen (secondary N) is 1. The van der Waals surface area contributed by atoms with Crippen molar-refractivity contribution in [2.24, 2.45) is 0 Å². The summed E-state index contributed by atoms with van der Waals surface area (Å²) >= 11 is 1.36. The zero-order chi connectivity index (χ0) is 16.2. The lowest BCUT2D eigenvalue weighted by atomic mass is 10.1. The Labute approximate surface area is 132 Å². The predicted octanol–water partition coefficient (Wildman–Crippen LogP) is 1.88. The first-order chi connectivity index (χ1) is 10.4. The van der Waals surface area contributed by atoms with Crippen LogP contribution in [-0.2, 0) is 9.59 Å². The molecule has 1 unspecified atom stereocenters. The van der Waals surface area contributed by atoms with E-state index in [4.69, 9.17) is 5.11 Å². The van der Waals surface area contributed by atoms with Crippen LogP contribution < -0.4 is 5.32 Å². The molecule has 0 fully saturated rings. The molecule has 0 saturated heterocycles. The number of aliphatic hydroxyl groups is 1. The average molecular weight is 319 g/mol. The second kappa shape index (κ2) is 6.81. The molecule has 0 bridgehead atoms. The third-order valence-electron chi connectivity index (χ3n) is 3.18. The van der Waals surface area contributed by atoms with Crippen LogP contribution in [0.5, 0.6) is 0 Å². The van der Waals surface area contributed by atoms with Gasteiger partial charge in [0.25, 0.3) is 0 Å². The van der Waals surface area contributed by atoms with E-state index < -0.39 is 11.6 Å². The van der Waals surface area contributed by atoms with Crippen molar-refractivity contribution < 1.29 is 19.8 Å². The lowest BCUT2D eigenvalue weighted by Gasteiger charge is -2.18. The van der Waals surface area contributed by atoms with E-state index in [1.54, 1.807) is 0 Å². The maximum atomic E-state index is 11.7. The van der Waals surface area contributed by atoms with Crippen molar-refractivity contribution in [3.63, 3.8) is 0 Å². The summed E-state index contributed by atoms with van der Waals surface area (Å²) in [6.07, 6.45) is 0. The van der Waals surface area contributed by atoms with E-state index in [0.29, 0.717) is 0 Å². The summed E-state index contributed by atoms with van der Waals surface area (Å²) < 4.78 is 0. The Morgan fingerprint density at radius 1 is 1.18 bits per heavy atom. The lowest BCUT2D eigenvalue weighted by Crippen LogP contribution is -2.46. The molecule has 6 heteroatoms. The van der Waals surface area contributed by atoms with Crippen LogP contribution >= 0.6 is 11.8 Å². The van der Waals surface area contributed by atoms with Gasteiger partial charge < -0.3 is 15.5 Å². The lowest BCUT2D eigenvalue weighted by molar-refractivity contribution is -0.156. The molecule has 22 heavy (non-hydrogen) atoms. The SMILES string of the molecule is CC(O)(CNC(=O)CSc1ccc2ccccc2c1)C(=O)O. The number of aliphatic carboxylic acids is 1. The smallest absolute Gasteiger partial charge is 0.337 e. The Balaban J connectivity index is 1.88. The van der Waals surface area contributed by atoms with E-state index in [1.807, 2.05) is 42.5 Å². The van der Waals surface area contributed by atoms with Crippen LogP contribution in [0.4, 0.5) is 0 Å². The van der Waals surface area contributed by atoms with E-state index in [9.17, 15) is 14.7 Å². The fourth-order valence-corrected chi connectivity index (χ4v) is 2.58. The number of carbonyl (C=O) groups excluding carboxylic acids is 1. The fourth-order valence-electron chi connectivity index (χ4n) is 1.80. The summed E-state index contributed by atoms with van der Waals surface area (Å²) in [7, 11) is 0. The maximum absolute atomic E-state index is 11.7. The molecule has 0 aliphatic heterocycles. The van der Waals surface area contributed by atoms with Gasteiger partial charge in [-0.2, -0.15) is 0 Å². The quantitative estimate of drug-likeness (QED) is 0.708. The Morgan fingerprint density at radius 3 is 2.55 bits per heavy atom. The molecule has 0 radical (unpaired) electrons. The van der Waals surface area contributed by atoms with E-state index in [-0.39, 0.29) is 18.2 Å². The van der Waals surface area contributed by atoms with E-state index in [0.717, 1.165) is 22.6 Å². The molecule has 116 valence electrons. The molecule has 0 spiro atoms. The van der Waals surface area contributed by atoms with Gasteiger partial charge in [-0.25, -0.2) is 4.79 Å². The molecule has 1 atom stereocenters. The van der Waals surface area contributed by atoms with Gasteiger partial charge in [-0.3, -0.25) is 4.79 Å². The predicted molar refractivity (Wildman–Crippen MR) is 85.9 cm³/mol. The minimum Gasteiger partial charge on any atom is -0.479 e. The van der Waals surface area contributed by atoms with Gasteiger partial charge in [-0.1, -0.05) is 30.3 Å². The van der Waals surface area contributed by atoms with Crippen molar-refractivity contribution in [3.05, 3.63) is 42.5 Å².